The second kappa shape index (κ2) is 6.15. The molecule has 0 saturated heterocycles. The Morgan fingerprint density at radius 1 is 1.18 bits per heavy atom. The molecular weight excluding hydrogens is 342 g/mol. The van der Waals surface area contributed by atoms with E-state index in [4.69, 9.17) is 10.5 Å². The van der Waals surface area contributed by atoms with Gasteiger partial charge in [0.15, 0.2) is 0 Å². The molecule has 0 fully saturated rings. The average Bonchev–Trinajstić information content (AvgIpc) is 2.52. The van der Waals surface area contributed by atoms with Gasteiger partial charge in [0.1, 0.15) is 12.4 Å². The first kappa shape index (κ1) is 14.5. The molecular formula is C17H14BrN3O. The van der Waals surface area contributed by atoms with Crippen molar-refractivity contribution in [2.75, 3.05) is 0 Å². The van der Waals surface area contributed by atoms with Crippen LogP contribution in [0.4, 0.5) is 0 Å². The van der Waals surface area contributed by atoms with E-state index in [0.29, 0.717) is 12.3 Å². The molecule has 3 aromatic rings. The Balaban J connectivity index is 1.93. The van der Waals surface area contributed by atoms with Crippen molar-refractivity contribution in [2.45, 2.75) is 6.61 Å². The molecule has 2 N–H and O–H groups in total. The summed E-state index contributed by atoms with van der Waals surface area (Å²) in [5.74, 6) is 0.747. The molecule has 3 rings (SSSR count). The first-order chi connectivity index (χ1) is 10.6. The number of hydrogen-bond acceptors (Lipinski definition) is 4. The van der Waals surface area contributed by atoms with Gasteiger partial charge in [-0.1, -0.05) is 22.5 Å². The highest BCUT2D eigenvalue weighted by Gasteiger charge is 2.09. The van der Waals surface area contributed by atoms with Crippen molar-refractivity contribution in [2.24, 2.45) is 5.73 Å². The number of pyridine rings is 2. The van der Waals surface area contributed by atoms with Crippen molar-refractivity contribution in [1.82, 2.24) is 9.97 Å². The number of ether oxygens (including phenoxy) is 1. The van der Waals surface area contributed by atoms with E-state index in [1.54, 1.807) is 12.4 Å². The Labute approximate surface area is 136 Å². The summed E-state index contributed by atoms with van der Waals surface area (Å²) in [4.78, 5) is 8.67. The van der Waals surface area contributed by atoms with E-state index in [9.17, 15) is 0 Å². The van der Waals surface area contributed by atoms with E-state index in [1.807, 2.05) is 36.4 Å². The normalized spacial score (nSPS) is 10.6. The lowest BCUT2D eigenvalue weighted by Gasteiger charge is -2.12. The minimum Gasteiger partial charge on any atom is -0.487 e. The third kappa shape index (κ3) is 2.94. The predicted octanol–water partition coefficient (Wildman–Crippen LogP) is 3.90. The molecule has 0 atom stereocenters. The average molecular weight is 356 g/mol. The maximum absolute atomic E-state index is 5.95. The number of nitrogens with two attached hydrogens (primary N) is 1. The van der Waals surface area contributed by atoms with E-state index in [-0.39, 0.29) is 0 Å². The van der Waals surface area contributed by atoms with Crippen LogP contribution in [-0.4, -0.2) is 9.97 Å². The summed E-state index contributed by atoms with van der Waals surface area (Å²) in [7, 11) is 0. The van der Waals surface area contributed by atoms with Crippen LogP contribution in [0, 0.1) is 0 Å². The second-order valence-electron chi connectivity index (χ2n) is 4.79. The number of hydrogen-bond donors (Lipinski definition) is 1. The lowest BCUT2D eigenvalue weighted by atomic mass is 10.1. The first-order valence-corrected chi connectivity index (χ1v) is 7.50. The van der Waals surface area contributed by atoms with Crippen LogP contribution >= 0.6 is 15.9 Å². The quantitative estimate of drug-likeness (QED) is 0.770. The molecule has 1 aromatic carbocycles. The van der Waals surface area contributed by atoms with Crippen LogP contribution in [0.25, 0.3) is 16.6 Å². The van der Waals surface area contributed by atoms with E-state index in [1.165, 1.54) is 0 Å². The van der Waals surface area contributed by atoms with Crippen molar-refractivity contribution in [3.05, 3.63) is 71.1 Å². The summed E-state index contributed by atoms with van der Waals surface area (Å²) in [5.41, 5.74) is 8.70. The van der Waals surface area contributed by atoms with Gasteiger partial charge in [-0.15, -0.1) is 0 Å². The van der Waals surface area contributed by atoms with Crippen molar-refractivity contribution < 1.29 is 4.74 Å². The minimum absolute atomic E-state index is 0.312. The summed E-state index contributed by atoms with van der Waals surface area (Å²) in [5, 5.41) is 0.953. The number of nitrogens with zero attached hydrogens (tertiary/aromatic N) is 2. The number of benzene rings is 1. The standard InChI is InChI=1S/C17H14BrN3O/c1-11(19)13-4-2-7-21-16(13)10-22-17-9-12(18)8-15-14(17)5-3-6-20-15/h2-9H,1,10,19H2. The Morgan fingerprint density at radius 3 is 2.77 bits per heavy atom. The molecule has 5 heteroatoms. The number of aromatic nitrogens is 2. The highest BCUT2D eigenvalue weighted by molar-refractivity contribution is 9.10. The van der Waals surface area contributed by atoms with E-state index < -0.39 is 0 Å². The van der Waals surface area contributed by atoms with Crippen molar-refractivity contribution >= 4 is 32.5 Å². The van der Waals surface area contributed by atoms with Gasteiger partial charge in [0.2, 0.25) is 0 Å². The van der Waals surface area contributed by atoms with Crippen molar-refractivity contribution in [3.63, 3.8) is 0 Å². The third-order valence-electron chi connectivity index (χ3n) is 3.25. The molecule has 0 spiro atoms. The SMILES string of the molecule is C=C(N)c1cccnc1COc1cc(Br)cc2ncccc12. The summed E-state index contributed by atoms with van der Waals surface area (Å²) >= 11 is 3.48. The zero-order chi connectivity index (χ0) is 15.5. The Hall–Kier alpha value is -2.40. The minimum atomic E-state index is 0.312. The van der Waals surface area contributed by atoms with Crippen LogP contribution in [0.1, 0.15) is 11.3 Å². The van der Waals surface area contributed by atoms with Crippen LogP contribution in [0.2, 0.25) is 0 Å². The smallest absolute Gasteiger partial charge is 0.131 e. The molecule has 0 aliphatic rings. The zero-order valence-electron chi connectivity index (χ0n) is 11.8. The highest BCUT2D eigenvalue weighted by atomic mass is 79.9. The van der Waals surface area contributed by atoms with Crippen LogP contribution in [-0.2, 0) is 6.61 Å². The molecule has 22 heavy (non-hydrogen) atoms. The summed E-state index contributed by atoms with van der Waals surface area (Å²) in [6.07, 6.45) is 3.47. The summed E-state index contributed by atoms with van der Waals surface area (Å²) < 4.78 is 6.86. The maximum atomic E-state index is 5.95. The lowest BCUT2D eigenvalue weighted by Crippen LogP contribution is -2.05. The molecule has 2 heterocycles. The predicted molar refractivity (Wildman–Crippen MR) is 91.2 cm³/mol. The molecule has 0 amide bonds. The van der Waals surface area contributed by atoms with Crippen molar-refractivity contribution in [3.8, 4) is 5.75 Å². The van der Waals surface area contributed by atoms with Gasteiger partial charge >= 0.3 is 0 Å². The number of fused-ring (bicyclic) bond motifs is 1. The van der Waals surface area contributed by atoms with Gasteiger partial charge in [-0.25, -0.2) is 0 Å². The first-order valence-electron chi connectivity index (χ1n) is 6.71. The second-order valence-corrected chi connectivity index (χ2v) is 5.70. The topological polar surface area (TPSA) is 61.0 Å². The van der Waals surface area contributed by atoms with Gasteiger partial charge in [-0.3, -0.25) is 9.97 Å². The third-order valence-corrected chi connectivity index (χ3v) is 3.71. The summed E-state index contributed by atoms with van der Waals surface area (Å²) in [6, 6.07) is 11.5. The fourth-order valence-electron chi connectivity index (χ4n) is 2.23. The number of rotatable bonds is 4. The van der Waals surface area contributed by atoms with Gasteiger partial charge in [0.05, 0.1) is 11.2 Å². The van der Waals surface area contributed by atoms with Gasteiger partial charge in [0, 0.05) is 33.5 Å². The molecule has 110 valence electrons. The summed E-state index contributed by atoms with van der Waals surface area (Å²) in [6.45, 7) is 4.08. The van der Waals surface area contributed by atoms with Gasteiger partial charge in [-0.2, -0.15) is 0 Å². The van der Waals surface area contributed by atoms with E-state index in [2.05, 4.69) is 32.5 Å². The molecule has 2 aromatic heterocycles. The Bertz CT molecular complexity index is 848. The fraction of sp³-hybridized carbons (Fsp3) is 0.0588. The van der Waals surface area contributed by atoms with Gasteiger partial charge in [-0.05, 0) is 36.4 Å². The Morgan fingerprint density at radius 2 is 1.95 bits per heavy atom. The maximum Gasteiger partial charge on any atom is 0.131 e. The van der Waals surface area contributed by atoms with Crippen LogP contribution in [0.15, 0.2) is 59.8 Å². The zero-order valence-corrected chi connectivity index (χ0v) is 13.4. The molecule has 0 aliphatic heterocycles. The van der Waals surface area contributed by atoms with Crippen molar-refractivity contribution in [1.29, 1.82) is 0 Å². The molecule has 0 unspecified atom stereocenters. The largest absolute Gasteiger partial charge is 0.487 e. The highest BCUT2D eigenvalue weighted by Crippen LogP contribution is 2.29. The van der Waals surface area contributed by atoms with Gasteiger partial charge in [0.25, 0.3) is 0 Å². The number of halogens is 1. The van der Waals surface area contributed by atoms with Crippen LogP contribution in [0.3, 0.4) is 0 Å². The molecule has 0 aliphatic carbocycles. The van der Waals surface area contributed by atoms with E-state index >= 15 is 0 Å². The molecule has 4 nitrogen and oxygen atoms in total. The van der Waals surface area contributed by atoms with E-state index in [0.717, 1.165) is 32.4 Å². The van der Waals surface area contributed by atoms with Crippen LogP contribution < -0.4 is 10.5 Å². The molecule has 0 saturated carbocycles. The molecule has 0 bridgehead atoms. The molecule has 0 radical (unpaired) electrons. The Kier molecular flexibility index (Phi) is 4.06. The van der Waals surface area contributed by atoms with Crippen LogP contribution in [0.5, 0.6) is 5.75 Å². The monoisotopic (exact) mass is 355 g/mol. The van der Waals surface area contributed by atoms with Gasteiger partial charge < -0.3 is 10.5 Å². The fourth-order valence-corrected chi connectivity index (χ4v) is 2.65. The lowest BCUT2D eigenvalue weighted by molar-refractivity contribution is 0.304.